The van der Waals surface area contributed by atoms with Gasteiger partial charge in [0.1, 0.15) is 11.5 Å². The fourth-order valence-corrected chi connectivity index (χ4v) is 5.80. The second-order valence-electron chi connectivity index (χ2n) is 11.8. The molecule has 0 amide bonds. The van der Waals surface area contributed by atoms with E-state index in [9.17, 15) is 0 Å². The third-order valence-electron chi connectivity index (χ3n) is 7.88. The molecule has 0 spiro atoms. The molecule has 6 heteroatoms. The monoisotopic (exact) mass is 766 g/mol. The average Bonchev–Trinajstić information content (AvgIpc) is 3.08. The van der Waals surface area contributed by atoms with Gasteiger partial charge < -0.3 is 19.4 Å². The number of hydrogen-bond donors (Lipinski definition) is 0. The molecule has 4 heterocycles. The van der Waals surface area contributed by atoms with Crippen molar-refractivity contribution in [1.29, 1.82) is 0 Å². The molecular weight excluding hydrogens is 731 g/mol. The molecule has 4 nitrogen and oxygen atoms in total. The van der Waals surface area contributed by atoms with E-state index in [0.717, 1.165) is 44.7 Å². The zero-order valence-corrected chi connectivity index (χ0v) is 27.5. The van der Waals surface area contributed by atoms with Crippen LogP contribution in [0.25, 0.3) is 22.5 Å². The van der Waals surface area contributed by atoms with Gasteiger partial charge in [-0.05, 0) is 63.9 Å². The van der Waals surface area contributed by atoms with Gasteiger partial charge >= 0.3 is 0 Å². The van der Waals surface area contributed by atoms with E-state index in [2.05, 4.69) is 34.2 Å². The zero-order valence-electron chi connectivity index (χ0n) is 28.1. The van der Waals surface area contributed by atoms with Gasteiger partial charge in [-0.3, -0.25) is 0 Å². The number of rotatable bonds is 2. The van der Waals surface area contributed by atoms with Crippen LogP contribution in [0.3, 0.4) is 0 Å². The number of nitrogens with zero attached hydrogens (tertiary/aromatic N) is 2. The quantitative estimate of drug-likeness (QED) is 0.136. The Balaban J connectivity index is 0.000000260. The van der Waals surface area contributed by atoms with Crippen molar-refractivity contribution in [3.05, 3.63) is 139 Å². The molecule has 2 aliphatic rings. The minimum absolute atomic E-state index is 0. The van der Waals surface area contributed by atoms with Gasteiger partial charge in [0.25, 0.3) is 0 Å². The van der Waals surface area contributed by atoms with E-state index in [1.54, 1.807) is 6.20 Å². The molecule has 223 valence electrons. The van der Waals surface area contributed by atoms with Gasteiger partial charge in [-0.15, -0.1) is 48.0 Å². The van der Waals surface area contributed by atoms with Crippen LogP contribution in [-0.2, 0) is 25.5 Å². The third kappa shape index (κ3) is 5.84. The molecule has 0 fully saturated rings. The Hall–Kier alpha value is -4.51. The number of aromatic nitrogens is 2. The SMILES string of the molecule is [2H]C([2H])([2H])c1cnc(-c2[c-]cc3c4c2Oc2ccccc2B4c2ccccc2O3)cc1C(C)(C)C.[Ir].[c-]1ccccc1-c1ccccn1. The first-order valence-corrected chi connectivity index (χ1v) is 14.6. The number of fused-ring (bicyclic) bond motifs is 4. The van der Waals surface area contributed by atoms with Crippen LogP contribution in [0.4, 0.5) is 0 Å². The largest absolute Gasteiger partial charge is 0.503 e. The van der Waals surface area contributed by atoms with Crippen LogP contribution in [0, 0.1) is 19.0 Å². The molecule has 4 aromatic carbocycles. The number of hydrogen-bond acceptors (Lipinski definition) is 4. The van der Waals surface area contributed by atoms with Crippen molar-refractivity contribution in [3.8, 4) is 45.5 Å². The summed E-state index contributed by atoms with van der Waals surface area (Å²) in [5, 5.41) is 0. The molecule has 45 heavy (non-hydrogen) atoms. The van der Waals surface area contributed by atoms with Crippen molar-refractivity contribution < 1.29 is 33.7 Å². The van der Waals surface area contributed by atoms with Crippen molar-refractivity contribution in [1.82, 2.24) is 9.97 Å². The van der Waals surface area contributed by atoms with Gasteiger partial charge in [-0.1, -0.05) is 86.4 Å². The average molecular weight is 766 g/mol. The Kier molecular flexibility index (Phi) is 7.45. The van der Waals surface area contributed by atoms with Crippen molar-refractivity contribution in [3.63, 3.8) is 0 Å². The van der Waals surface area contributed by atoms with Crippen LogP contribution in [0.15, 0.2) is 116 Å². The van der Waals surface area contributed by atoms with Gasteiger partial charge in [0.05, 0.1) is 0 Å². The summed E-state index contributed by atoms with van der Waals surface area (Å²) in [5.74, 6) is 2.96. The number of benzene rings is 4. The molecule has 0 N–H and O–H groups in total. The Morgan fingerprint density at radius 3 is 2.13 bits per heavy atom. The topological polar surface area (TPSA) is 44.2 Å². The van der Waals surface area contributed by atoms with E-state index in [4.69, 9.17) is 13.6 Å². The molecular formula is C39H31BIrN2O2-2. The summed E-state index contributed by atoms with van der Waals surface area (Å²) in [6.07, 6.45) is 3.26. The summed E-state index contributed by atoms with van der Waals surface area (Å²) >= 11 is 0. The van der Waals surface area contributed by atoms with Crippen LogP contribution in [0.5, 0.6) is 23.0 Å². The second kappa shape index (κ2) is 12.5. The van der Waals surface area contributed by atoms with E-state index < -0.39 is 6.85 Å². The molecule has 0 saturated heterocycles. The number of pyridine rings is 2. The predicted molar refractivity (Wildman–Crippen MR) is 178 cm³/mol. The number of aryl methyl sites for hydroxylation is 1. The minimum Gasteiger partial charge on any atom is -0.503 e. The van der Waals surface area contributed by atoms with Crippen LogP contribution >= 0.6 is 0 Å². The van der Waals surface area contributed by atoms with E-state index >= 15 is 0 Å². The smallest absolute Gasteiger partial charge is 0.239 e. The van der Waals surface area contributed by atoms with Crippen molar-refractivity contribution in [2.75, 3.05) is 0 Å². The first-order chi connectivity index (χ1) is 22.6. The summed E-state index contributed by atoms with van der Waals surface area (Å²) in [6, 6.07) is 40.0. The maximum absolute atomic E-state index is 8.00. The Bertz CT molecular complexity index is 2040. The van der Waals surface area contributed by atoms with Crippen LogP contribution in [0.2, 0.25) is 0 Å². The van der Waals surface area contributed by atoms with Gasteiger partial charge in [-0.2, -0.15) is 0 Å². The maximum Gasteiger partial charge on any atom is 0.239 e. The van der Waals surface area contributed by atoms with E-state index in [-0.39, 0.29) is 37.8 Å². The fourth-order valence-electron chi connectivity index (χ4n) is 5.80. The van der Waals surface area contributed by atoms with E-state index in [0.29, 0.717) is 22.8 Å². The Labute approximate surface area is 283 Å². The van der Waals surface area contributed by atoms with Crippen LogP contribution in [-0.4, -0.2) is 16.7 Å². The minimum atomic E-state index is -2.25. The second-order valence-corrected chi connectivity index (χ2v) is 11.8. The van der Waals surface area contributed by atoms with Gasteiger partial charge in [0, 0.05) is 48.1 Å². The zero-order chi connectivity index (χ0) is 32.8. The molecule has 8 rings (SSSR count). The number of ether oxygens (including phenoxy) is 2. The van der Waals surface area contributed by atoms with Crippen molar-refractivity contribution in [2.24, 2.45) is 0 Å². The van der Waals surface area contributed by atoms with Crippen molar-refractivity contribution in [2.45, 2.75) is 33.0 Å². The van der Waals surface area contributed by atoms with Crippen molar-refractivity contribution >= 4 is 23.1 Å². The van der Waals surface area contributed by atoms with Crippen LogP contribution < -0.4 is 25.9 Å². The van der Waals surface area contributed by atoms with Crippen LogP contribution in [0.1, 0.15) is 36.0 Å². The Morgan fingerprint density at radius 2 is 1.47 bits per heavy atom. The van der Waals surface area contributed by atoms with Gasteiger partial charge in [-0.25, -0.2) is 0 Å². The standard InChI is InChI=1S/C28H23BNO2.C11H8N.Ir/c1-17-16-30-22(15-19(17)28(2,3)4)18-13-14-25-26-27(18)32-24-12-8-6-10-21(24)29(26)20-9-5-7-11-23(20)31-25;1-2-6-10(7-3-1)11-8-4-5-9-12-11;/h5-12,14-16H,1-4H3;1-6,8-9H;/q2*-1;/i1D3;;. The summed E-state index contributed by atoms with van der Waals surface area (Å²) in [4.78, 5) is 8.80. The first kappa shape index (κ1) is 26.9. The predicted octanol–water partition coefficient (Wildman–Crippen LogP) is 7.43. The van der Waals surface area contributed by atoms with E-state index in [1.807, 2.05) is 112 Å². The summed E-state index contributed by atoms with van der Waals surface area (Å²) in [6.45, 7) is 3.73. The maximum atomic E-state index is 8.00. The summed E-state index contributed by atoms with van der Waals surface area (Å²) in [7, 11) is 0. The first-order valence-electron chi connectivity index (χ1n) is 16.1. The normalized spacial score (nSPS) is 13.4. The Morgan fingerprint density at radius 1 is 0.756 bits per heavy atom. The molecule has 2 aromatic heterocycles. The molecule has 0 atom stereocenters. The molecule has 0 unspecified atom stereocenters. The van der Waals surface area contributed by atoms with Gasteiger partial charge in [0.2, 0.25) is 6.71 Å². The molecule has 1 radical (unpaired) electrons. The van der Waals surface area contributed by atoms with Gasteiger partial charge in [0.15, 0.2) is 0 Å². The molecule has 0 bridgehead atoms. The molecule has 0 saturated carbocycles. The molecule has 6 aromatic rings. The summed E-state index contributed by atoms with van der Waals surface area (Å²) in [5.41, 5.74) is 7.03. The third-order valence-corrected chi connectivity index (χ3v) is 7.88. The molecule has 2 aliphatic heterocycles. The molecule has 0 aliphatic carbocycles. The fraction of sp³-hybridized carbons (Fsp3) is 0.128. The van der Waals surface area contributed by atoms with E-state index in [1.165, 1.54) is 6.20 Å². The summed E-state index contributed by atoms with van der Waals surface area (Å²) < 4.78 is 36.8. The number of para-hydroxylation sites is 2.